The summed E-state index contributed by atoms with van der Waals surface area (Å²) in [6.07, 6.45) is 1.60. The molecular weight excluding hydrogens is 333 g/mol. The lowest BCUT2D eigenvalue weighted by Gasteiger charge is -2.14. The Hall–Kier alpha value is -3.15. The van der Waals surface area contributed by atoms with E-state index in [2.05, 4.69) is 15.3 Å². The minimum atomic E-state index is -0.430. The molecule has 0 atom stereocenters. The molecule has 5 nitrogen and oxygen atoms in total. The predicted molar refractivity (Wildman–Crippen MR) is 99.6 cm³/mol. The first-order valence-corrected chi connectivity index (χ1v) is 8.28. The first-order chi connectivity index (χ1) is 12.6. The van der Waals surface area contributed by atoms with E-state index in [4.69, 9.17) is 9.47 Å². The van der Waals surface area contributed by atoms with E-state index in [1.54, 1.807) is 30.5 Å². The smallest absolute Gasteiger partial charge is 0.174 e. The normalized spacial score (nSPS) is 10.5. The lowest BCUT2D eigenvalue weighted by molar-refractivity contribution is 0.341. The SMILES string of the molecule is CCOc1cc(-c2cccc(OC)c2F)cnc1Nc1cccc(C)n1. The quantitative estimate of drug-likeness (QED) is 0.693. The molecule has 1 aromatic carbocycles. The average molecular weight is 353 g/mol. The van der Waals surface area contributed by atoms with Gasteiger partial charge in [0.2, 0.25) is 0 Å². The van der Waals surface area contributed by atoms with E-state index in [0.29, 0.717) is 35.1 Å². The molecule has 2 heterocycles. The van der Waals surface area contributed by atoms with Crippen molar-refractivity contribution in [3.63, 3.8) is 0 Å². The summed E-state index contributed by atoms with van der Waals surface area (Å²) < 4.78 is 25.3. The summed E-state index contributed by atoms with van der Waals surface area (Å²) in [6, 6.07) is 12.4. The number of nitrogens with one attached hydrogen (secondary N) is 1. The fraction of sp³-hybridized carbons (Fsp3) is 0.200. The molecule has 3 aromatic rings. The maximum absolute atomic E-state index is 14.5. The summed E-state index contributed by atoms with van der Waals surface area (Å²) in [5, 5.41) is 3.15. The molecule has 0 bridgehead atoms. The maximum Gasteiger partial charge on any atom is 0.174 e. The Labute approximate surface area is 151 Å². The standard InChI is InChI=1S/C20H20FN3O2/c1-4-26-17-11-14(15-8-6-9-16(25-3)19(15)21)12-22-20(17)24-18-10-5-7-13(2)23-18/h5-12H,4H2,1-3H3,(H,22,23,24). The molecular formula is C20H20FN3O2. The summed E-state index contributed by atoms with van der Waals surface area (Å²) in [6.45, 7) is 4.26. The Morgan fingerprint density at radius 2 is 1.92 bits per heavy atom. The van der Waals surface area contributed by atoms with Gasteiger partial charge in [-0.3, -0.25) is 0 Å². The largest absolute Gasteiger partial charge is 0.494 e. The number of rotatable bonds is 6. The number of benzene rings is 1. The van der Waals surface area contributed by atoms with Crippen LogP contribution in [0.5, 0.6) is 11.5 Å². The molecule has 0 spiro atoms. The summed E-state index contributed by atoms with van der Waals surface area (Å²) in [7, 11) is 1.44. The molecule has 0 saturated carbocycles. The van der Waals surface area contributed by atoms with Crippen molar-refractivity contribution in [2.75, 3.05) is 19.0 Å². The highest BCUT2D eigenvalue weighted by Gasteiger charge is 2.14. The zero-order valence-electron chi connectivity index (χ0n) is 14.9. The molecule has 0 amide bonds. The lowest BCUT2D eigenvalue weighted by atomic mass is 10.1. The van der Waals surface area contributed by atoms with Crippen LogP contribution in [0.3, 0.4) is 0 Å². The van der Waals surface area contributed by atoms with Crippen molar-refractivity contribution in [2.45, 2.75) is 13.8 Å². The molecule has 134 valence electrons. The predicted octanol–water partition coefficient (Wildman–Crippen LogP) is 4.74. The van der Waals surface area contributed by atoms with Crippen LogP contribution in [0.1, 0.15) is 12.6 Å². The van der Waals surface area contributed by atoms with Gasteiger partial charge in [-0.2, -0.15) is 0 Å². The van der Waals surface area contributed by atoms with Crippen LogP contribution in [0.25, 0.3) is 11.1 Å². The van der Waals surface area contributed by atoms with E-state index in [-0.39, 0.29) is 5.75 Å². The van der Waals surface area contributed by atoms with Gasteiger partial charge in [0.05, 0.1) is 13.7 Å². The molecule has 0 aliphatic carbocycles. The van der Waals surface area contributed by atoms with Gasteiger partial charge in [-0.1, -0.05) is 18.2 Å². The molecule has 0 aliphatic rings. The van der Waals surface area contributed by atoms with Gasteiger partial charge in [0.1, 0.15) is 5.82 Å². The fourth-order valence-electron chi connectivity index (χ4n) is 2.58. The number of pyridine rings is 2. The topological polar surface area (TPSA) is 56.3 Å². The number of methoxy groups -OCH3 is 1. The first kappa shape index (κ1) is 17.7. The van der Waals surface area contributed by atoms with Gasteiger partial charge in [0, 0.05) is 23.0 Å². The zero-order valence-corrected chi connectivity index (χ0v) is 14.9. The van der Waals surface area contributed by atoms with Crippen molar-refractivity contribution in [3.8, 4) is 22.6 Å². The van der Waals surface area contributed by atoms with Gasteiger partial charge < -0.3 is 14.8 Å². The highest BCUT2D eigenvalue weighted by molar-refractivity contribution is 5.71. The van der Waals surface area contributed by atoms with Crippen LogP contribution in [0, 0.1) is 12.7 Å². The molecule has 0 saturated heterocycles. The number of nitrogens with zero attached hydrogens (tertiary/aromatic N) is 2. The number of anilines is 2. The van der Waals surface area contributed by atoms with Crippen molar-refractivity contribution >= 4 is 11.6 Å². The molecule has 6 heteroatoms. The van der Waals surface area contributed by atoms with Crippen LogP contribution in [0.4, 0.5) is 16.0 Å². The average Bonchev–Trinajstić information content (AvgIpc) is 2.64. The van der Waals surface area contributed by atoms with Gasteiger partial charge in [0.25, 0.3) is 0 Å². The highest BCUT2D eigenvalue weighted by Crippen LogP contribution is 2.34. The Morgan fingerprint density at radius 1 is 1.12 bits per heavy atom. The van der Waals surface area contributed by atoms with Crippen molar-refractivity contribution < 1.29 is 13.9 Å². The second-order valence-electron chi connectivity index (χ2n) is 5.61. The molecule has 3 rings (SSSR count). The van der Waals surface area contributed by atoms with Crippen molar-refractivity contribution in [1.82, 2.24) is 9.97 Å². The number of aromatic nitrogens is 2. The van der Waals surface area contributed by atoms with Crippen LogP contribution in [-0.2, 0) is 0 Å². The molecule has 26 heavy (non-hydrogen) atoms. The molecule has 0 aliphatic heterocycles. The lowest BCUT2D eigenvalue weighted by Crippen LogP contribution is -2.02. The van der Waals surface area contributed by atoms with Gasteiger partial charge in [-0.05, 0) is 38.1 Å². The Balaban J connectivity index is 1.99. The number of hydrogen-bond donors (Lipinski definition) is 1. The Bertz CT molecular complexity index is 915. The van der Waals surface area contributed by atoms with Gasteiger partial charge in [-0.25, -0.2) is 14.4 Å². The minimum absolute atomic E-state index is 0.187. The summed E-state index contributed by atoms with van der Waals surface area (Å²) in [5.74, 6) is 1.47. The molecule has 1 N–H and O–H groups in total. The van der Waals surface area contributed by atoms with E-state index >= 15 is 0 Å². The highest BCUT2D eigenvalue weighted by atomic mass is 19.1. The Kier molecular flexibility index (Phi) is 5.31. The number of ether oxygens (including phenoxy) is 2. The molecule has 2 aromatic heterocycles. The summed E-state index contributed by atoms with van der Waals surface area (Å²) in [4.78, 5) is 8.82. The van der Waals surface area contributed by atoms with Crippen molar-refractivity contribution in [2.24, 2.45) is 0 Å². The maximum atomic E-state index is 14.5. The molecule has 0 unspecified atom stereocenters. The van der Waals surface area contributed by atoms with Crippen LogP contribution in [-0.4, -0.2) is 23.7 Å². The van der Waals surface area contributed by atoms with Crippen LogP contribution in [0.2, 0.25) is 0 Å². The number of halogens is 1. The minimum Gasteiger partial charge on any atom is -0.494 e. The number of hydrogen-bond acceptors (Lipinski definition) is 5. The fourth-order valence-corrected chi connectivity index (χ4v) is 2.58. The van der Waals surface area contributed by atoms with Gasteiger partial charge >= 0.3 is 0 Å². The zero-order chi connectivity index (χ0) is 18.5. The van der Waals surface area contributed by atoms with E-state index in [9.17, 15) is 4.39 Å². The van der Waals surface area contributed by atoms with Crippen LogP contribution >= 0.6 is 0 Å². The second kappa shape index (κ2) is 7.82. The molecule has 0 radical (unpaired) electrons. The number of aryl methyl sites for hydroxylation is 1. The van der Waals surface area contributed by atoms with Crippen molar-refractivity contribution in [3.05, 3.63) is 60.2 Å². The third-order valence-corrected chi connectivity index (χ3v) is 3.78. The van der Waals surface area contributed by atoms with Crippen molar-refractivity contribution in [1.29, 1.82) is 0 Å². The summed E-state index contributed by atoms with van der Waals surface area (Å²) in [5.41, 5.74) is 1.90. The van der Waals surface area contributed by atoms with E-state index in [0.717, 1.165) is 5.69 Å². The summed E-state index contributed by atoms with van der Waals surface area (Å²) >= 11 is 0. The van der Waals surface area contributed by atoms with E-state index in [1.165, 1.54) is 7.11 Å². The van der Waals surface area contributed by atoms with Crippen LogP contribution < -0.4 is 14.8 Å². The van der Waals surface area contributed by atoms with E-state index in [1.807, 2.05) is 32.0 Å². The second-order valence-corrected chi connectivity index (χ2v) is 5.61. The van der Waals surface area contributed by atoms with Crippen LogP contribution in [0.15, 0.2) is 48.7 Å². The Morgan fingerprint density at radius 3 is 2.65 bits per heavy atom. The van der Waals surface area contributed by atoms with Gasteiger partial charge in [0.15, 0.2) is 23.1 Å². The molecule has 0 fully saturated rings. The monoisotopic (exact) mass is 353 g/mol. The third-order valence-electron chi connectivity index (χ3n) is 3.78. The van der Waals surface area contributed by atoms with E-state index < -0.39 is 5.82 Å². The third kappa shape index (κ3) is 3.74. The van der Waals surface area contributed by atoms with Gasteiger partial charge in [-0.15, -0.1) is 0 Å². The first-order valence-electron chi connectivity index (χ1n) is 8.28.